The number of ether oxygens (including phenoxy) is 1. The van der Waals surface area contributed by atoms with E-state index in [1.54, 1.807) is 18.3 Å². The number of methoxy groups -OCH3 is 1. The summed E-state index contributed by atoms with van der Waals surface area (Å²) in [6.45, 7) is 0. The van der Waals surface area contributed by atoms with E-state index in [4.69, 9.17) is 0 Å². The maximum atomic E-state index is 11.7. The number of carbonyl (C=O) groups is 2. The summed E-state index contributed by atoms with van der Waals surface area (Å²) in [7, 11) is 1.37. The number of nitrogens with one attached hydrogen (secondary N) is 2. The Labute approximate surface area is 93.2 Å². The summed E-state index contributed by atoms with van der Waals surface area (Å²) in [5.74, 6) is -0.615. The van der Waals surface area contributed by atoms with Crippen LogP contribution in [0, 0.1) is 5.92 Å². The molecular formula is C11H14N2O3. The normalized spacial score (nSPS) is 23.3. The van der Waals surface area contributed by atoms with E-state index in [1.807, 2.05) is 0 Å². The van der Waals surface area contributed by atoms with Gasteiger partial charge in [0, 0.05) is 12.2 Å². The van der Waals surface area contributed by atoms with Crippen LogP contribution < -0.4 is 5.32 Å². The second-order valence-electron chi connectivity index (χ2n) is 3.87. The SMILES string of the molecule is COC(=O)[C@H]1CC[C@@H]1NC(=O)c1ccc[nH]1. The number of hydrogen-bond acceptors (Lipinski definition) is 3. The predicted octanol–water partition coefficient (Wildman–Crippen LogP) is 0.696. The molecule has 5 nitrogen and oxygen atoms in total. The maximum Gasteiger partial charge on any atom is 0.310 e. The van der Waals surface area contributed by atoms with Gasteiger partial charge in [-0.3, -0.25) is 9.59 Å². The molecule has 2 N–H and O–H groups in total. The van der Waals surface area contributed by atoms with E-state index < -0.39 is 0 Å². The van der Waals surface area contributed by atoms with Gasteiger partial charge in [0.1, 0.15) is 5.69 Å². The molecule has 0 radical (unpaired) electrons. The molecule has 1 heterocycles. The molecule has 1 amide bonds. The number of esters is 1. The molecule has 1 aliphatic rings. The van der Waals surface area contributed by atoms with Crippen molar-refractivity contribution in [2.75, 3.05) is 7.11 Å². The quantitative estimate of drug-likeness (QED) is 0.739. The van der Waals surface area contributed by atoms with Gasteiger partial charge < -0.3 is 15.0 Å². The molecule has 16 heavy (non-hydrogen) atoms. The standard InChI is InChI=1S/C11H14N2O3/c1-16-11(15)7-4-5-8(7)13-10(14)9-3-2-6-12-9/h2-3,6-8,12H,4-5H2,1H3,(H,13,14)/t7-,8-/m0/s1. The zero-order chi connectivity index (χ0) is 11.5. The number of aromatic amines is 1. The van der Waals surface area contributed by atoms with Crippen LogP contribution in [-0.2, 0) is 9.53 Å². The highest BCUT2D eigenvalue weighted by atomic mass is 16.5. The maximum absolute atomic E-state index is 11.7. The van der Waals surface area contributed by atoms with Crippen molar-refractivity contribution in [2.45, 2.75) is 18.9 Å². The molecule has 0 saturated heterocycles. The van der Waals surface area contributed by atoms with Crippen LogP contribution in [0.4, 0.5) is 0 Å². The third kappa shape index (κ3) is 1.93. The summed E-state index contributed by atoms with van der Waals surface area (Å²) in [5, 5.41) is 2.81. The first kappa shape index (κ1) is 10.7. The molecule has 1 aliphatic carbocycles. The van der Waals surface area contributed by atoms with Gasteiger partial charge in [0.25, 0.3) is 5.91 Å². The lowest BCUT2D eigenvalue weighted by Crippen LogP contribution is -2.50. The molecular weight excluding hydrogens is 208 g/mol. The Morgan fingerprint density at radius 1 is 1.50 bits per heavy atom. The van der Waals surface area contributed by atoms with Gasteiger partial charge in [-0.05, 0) is 25.0 Å². The van der Waals surface area contributed by atoms with Crippen LogP contribution in [0.3, 0.4) is 0 Å². The van der Waals surface area contributed by atoms with Crippen molar-refractivity contribution in [3.05, 3.63) is 24.0 Å². The first-order valence-electron chi connectivity index (χ1n) is 5.24. The van der Waals surface area contributed by atoms with Gasteiger partial charge in [-0.1, -0.05) is 0 Å². The van der Waals surface area contributed by atoms with E-state index in [1.165, 1.54) is 7.11 Å². The van der Waals surface area contributed by atoms with E-state index in [2.05, 4.69) is 15.0 Å². The Morgan fingerprint density at radius 3 is 2.81 bits per heavy atom. The van der Waals surface area contributed by atoms with E-state index >= 15 is 0 Å². The number of aromatic nitrogens is 1. The lowest BCUT2D eigenvalue weighted by atomic mass is 9.79. The molecule has 1 aromatic rings. The molecule has 0 bridgehead atoms. The number of H-pyrrole nitrogens is 1. The van der Waals surface area contributed by atoms with Crippen LogP contribution in [0.1, 0.15) is 23.3 Å². The molecule has 86 valence electrons. The van der Waals surface area contributed by atoms with Gasteiger partial charge in [0.15, 0.2) is 0 Å². The molecule has 0 aliphatic heterocycles. The Morgan fingerprint density at radius 2 is 2.31 bits per heavy atom. The molecule has 0 aromatic carbocycles. The van der Waals surface area contributed by atoms with Crippen LogP contribution in [0.5, 0.6) is 0 Å². The van der Waals surface area contributed by atoms with E-state index in [0.29, 0.717) is 5.69 Å². The highest BCUT2D eigenvalue weighted by Gasteiger charge is 2.38. The van der Waals surface area contributed by atoms with Gasteiger partial charge in [-0.25, -0.2) is 0 Å². The van der Waals surface area contributed by atoms with E-state index in [-0.39, 0.29) is 23.8 Å². The Kier molecular flexibility index (Phi) is 2.94. The molecule has 0 spiro atoms. The lowest BCUT2D eigenvalue weighted by molar-refractivity contribution is -0.149. The zero-order valence-electron chi connectivity index (χ0n) is 9.03. The summed E-state index contributed by atoms with van der Waals surface area (Å²) < 4.78 is 4.66. The molecule has 2 atom stereocenters. The molecule has 5 heteroatoms. The smallest absolute Gasteiger partial charge is 0.310 e. The topological polar surface area (TPSA) is 71.2 Å². The van der Waals surface area contributed by atoms with Gasteiger partial charge in [0.05, 0.1) is 13.0 Å². The fourth-order valence-corrected chi connectivity index (χ4v) is 1.82. The first-order chi connectivity index (χ1) is 7.72. The number of carbonyl (C=O) groups excluding carboxylic acids is 2. The number of hydrogen-bond donors (Lipinski definition) is 2. The number of amides is 1. The Hall–Kier alpha value is -1.78. The fourth-order valence-electron chi connectivity index (χ4n) is 1.82. The highest BCUT2D eigenvalue weighted by molar-refractivity contribution is 5.93. The average molecular weight is 222 g/mol. The van der Waals surface area contributed by atoms with Crippen LogP contribution in [-0.4, -0.2) is 30.0 Å². The summed E-state index contributed by atoms with van der Waals surface area (Å²) >= 11 is 0. The summed E-state index contributed by atoms with van der Waals surface area (Å²) in [4.78, 5) is 25.8. The fraction of sp³-hybridized carbons (Fsp3) is 0.455. The minimum Gasteiger partial charge on any atom is -0.469 e. The van der Waals surface area contributed by atoms with Crippen LogP contribution in [0.2, 0.25) is 0 Å². The van der Waals surface area contributed by atoms with E-state index in [9.17, 15) is 9.59 Å². The average Bonchev–Trinajstić information content (AvgIpc) is 2.77. The van der Waals surface area contributed by atoms with Crippen molar-refractivity contribution >= 4 is 11.9 Å². The minimum atomic E-state index is -0.247. The van der Waals surface area contributed by atoms with Crippen molar-refractivity contribution in [1.29, 1.82) is 0 Å². The Balaban J connectivity index is 1.91. The van der Waals surface area contributed by atoms with Crippen LogP contribution in [0.15, 0.2) is 18.3 Å². The summed E-state index contributed by atoms with van der Waals surface area (Å²) in [6.07, 6.45) is 3.29. The highest BCUT2D eigenvalue weighted by Crippen LogP contribution is 2.28. The first-order valence-corrected chi connectivity index (χ1v) is 5.24. The van der Waals surface area contributed by atoms with Crippen LogP contribution in [0.25, 0.3) is 0 Å². The zero-order valence-corrected chi connectivity index (χ0v) is 9.03. The van der Waals surface area contributed by atoms with Crippen molar-refractivity contribution in [3.8, 4) is 0 Å². The molecule has 0 unspecified atom stereocenters. The summed E-state index contributed by atoms with van der Waals surface area (Å²) in [5.41, 5.74) is 0.510. The van der Waals surface area contributed by atoms with E-state index in [0.717, 1.165) is 12.8 Å². The molecule has 1 saturated carbocycles. The molecule has 1 fully saturated rings. The minimum absolute atomic E-state index is 0.0942. The summed E-state index contributed by atoms with van der Waals surface area (Å²) in [6, 6.07) is 3.36. The van der Waals surface area contributed by atoms with Crippen molar-refractivity contribution in [1.82, 2.24) is 10.3 Å². The predicted molar refractivity (Wildman–Crippen MR) is 56.8 cm³/mol. The third-order valence-corrected chi connectivity index (χ3v) is 2.94. The number of rotatable bonds is 3. The van der Waals surface area contributed by atoms with Crippen molar-refractivity contribution in [2.24, 2.45) is 5.92 Å². The van der Waals surface area contributed by atoms with Gasteiger partial charge >= 0.3 is 5.97 Å². The largest absolute Gasteiger partial charge is 0.469 e. The van der Waals surface area contributed by atoms with Crippen LogP contribution >= 0.6 is 0 Å². The van der Waals surface area contributed by atoms with Crippen molar-refractivity contribution in [3.63, 3.8) is 0 Å². The molecule has 2 rings (SSSR count). The third-order valence-electron chi connectivity index (χ3n) is 2.94. The molecule has 1 aromatic heterocycles. The monoisotopic (exact) mass is 222 g/mol. The lowest BCUT2D eigenvalue weighted by Gasteiger charge is -2.34. The second kappa shape index (κ2) is 4.38. The van der Waals surface area contributed by atoms with Gasteiger partial charge in [0.2, 0.25) is 0 Å². The Bertz CT molecular complexity index is 386. The van der Waals surface area contributed by atoms with Crippen molar-refractivity contribution < 1.29 is 14.3 Å². The van der Waals surface area contributed by atoms with Gasteiger partial charge in [-0.15, -0.1) is 0 Å². The van der Waals surface area contributed by atoms with Gasteiger partial charge in [-0.2, -0.15) is 0 Å². The second-order valence-corrected chi connectivity index (χ2v) is 3.87.